The van der Waals surface area contributed by atoms with Crippen molar-refractivity contribution in [3.8, 4) is 6.07 Å². The molecule has 21 heavy (non-hydrogen) atoms. The molecule has 0 aromatic carbocycles. The molecule has 0 N–H and O–H groups in total. The molecular formula is C18H32N2O. The topological polar surface area (TPSA) is 36.3 Å². The van der Waals surface area contributed by atoms with Crippen molar-refractivity contribution in [3.05, 3.63) is 0 Å². The Morgan fingerprint density at radius 3 is 2.62 bits per heavy atom. The van der Waals surface area contributed by atoms with E-state index in [1.807, 2.05) is 0 Å². The largest absolute Gasteiger partial charge is 0.384 e. The molecule has 1 heterocycles. The summed E-state index contributed by atoms with van der Waals surface area (Å²) in [4.78, 5) is 2.61. The van der Waals surface area contributed by atoms with E-state index in [2.05, 4.69) is 31.7 Å². The second kappa shape index (κ2) is 7.11. The summed E-state index contributed by atoms with van der Waals surface area (Å²) in [5.41, 5.74) is 0.362. The van der Waals surface area contributed by atoms with Gasteiger partial charge in [0.25, 0.3) is 0 Å². The molecule has 2 rings (SSSR count). The molecule has 0 aromatic heterocycles. The molecule has 0 radical (unpaired) electrons. The number of ether oxygens (including phenoxy) is 1. The van der Waals surface area contributed by atoms with Gasteiger partial charge in [-0.25, -0.2) is 0 Å². The number of nitriles is 1. The summed E-state index contributed by atoms with van der Waals surface area (Å²) in [7, 11) is 1.80. The first kappa shape index (κ1) is 16.8. The van der Waals surface area contributed by atoms with Gasteiger partial charge in [-0.1, -0.05) is 20.8 Å². The molecule has 0 spiro atoms. The summed E-state index contributed by atoms with van der Waals surface area (Å²) in [5.74, 6) is 1.62. The van der Waals surface area contributed by atoms with Crippen LogP contribution in [-0.2, 0) is 4.74 Å². The van der Waals surface area contributed by atoms with Crippen molar-refractivity contribution in [2.45, 2.75) is 58.9 Å². The fraction of sp³-hybridized carbons (Fsp3) is 0.944. The van der Waals surface area contributed by atoms with Gasteiger partial charge in [-0.2, -0.15) is 5.26 Å². The van der Waals surface area contributed by atoms with Crippen LogP contribution in [0.4, 0.5) is 0 Å². The van der Waals surface area contributed by atoms with Gasteiger partial charge < -0.3 is 4.74 Å². The molecule has 2 aliphatic rings. The molecule has 3 nitrogen and oxygen atoms in total. The highest BCUT2D eigenvalue weighted by Gasteiger charge is 2.39. The maximum Gasteiger partial charge on any atom is 0.0672 e. The number of nitrogens with zero attached hydrogens (tertiary/aromatic N) is 2. The predicted molar refractivity (Wildman–Crippen MR) is 85.9 cm³/mol. The average molecular weight is 292 g/mol. The van der Waals surface area contributed by atoms with E-state index in [1.165, 1.54) is 32.2 Å². The van der Waals surface area contributed by atoms with Crippen molar-refractivity contribution < 1.29 is 4.74 Å². The van der Waals surface area contributed by atoms with Gasteiger partial charge >= 0.3 is 0 Å². The predicted octanol–water partition coefficient (Wildman–Crippen LogP) is 3.70. The maximum atomic E-state index is 9.55. The summed E-state index contributed by atoms with van der Waals surface area (Å²) in [6, 6.07) is 3.06. The van der Waals surface area contributed by atoms with Crippen molar-refractivity contribution >= 4 is 0 Å². The first-order valence-electron chi connectivity index (χ1n) is 8.58. The van der Waals surface area contributed by atoms with Crippen molar-refractivity contribution in [1.82, 2.24) is 4.90 Å². The zero-order valence-corrected chi connectivity index (χ0v) is 14.3. The third-order valence-electron chi connectivity index (χ3n) is 5.63. The van der Waals surface area contributed by atoms with E-state index in [4.69, 9.17) is 4.74 Å². The molecule has 2 fully saturated rings. The highest BCUT2D eigenvalue weighted by Crippen LogP contribution is 2.42. The van der Waals surface area contributed by atoms with Crippen LogP contribution in [-0.4, -0.2) is 37.7 Å². The Bertz CT molecular complexity index is 366. The van der Waals surface area contributed by atoms with Crippen molar-refractivity contribution in [2.24, 2.45) is 23.2 Å². The molecule has 1 aliphatic heterocycles. The van der Waals surface area contributed by atoms with E-state index >= 15 is 0 Å². The number of methoxy groups -OCH3 is 1. The lowest BCUT2D eigenvalue weighted by molar-refractivity contribution is 0.0179. The normalized spacial score (nSPS) is 35.4. The number of piperidine rings is 1. The Labute approximate surface area is 130 Å². The van der Waals surface area contributed by atoms with Crippen LogP contribution in [0, 0.1) is 34.5 Å². The van der Waals surface area contributed by atoms with Gasteiger partial charge in [0.1, 0.15) is 0 Å². The van der Waals surface area contributed by atoms with Crippen LogP contribution in [0.15, 0.2) is 0 Å². The zero-order valence-electron chi connectivity index (χ0n) is 14.3. The molecule has 0 aromatic rings. The molecule has 1 aliphatic carbocycles. The van der Waals surface area contributed by atoms with E-state index in [1.54, 1.807) is 7.11 Å². The SMILES string of the molecule is COCC1CCCN(C2CC(C(C)(C)C)CCC2C#N)C1. The van der Waals surface area contributed by atoms with Gasteiger partial charge in [-0.15, -0.1) is 0 Å². The van der Waals surface area contributed by atoms with E-state index in [0.717, 1.165) is 25.5 Å². The van der Waals surface area contributed by atoms with Crippen LogP contribution in [0.25, 0.3) is 0 Å². The van der Waals surface area contributed by atoms with Crippen LogP contribution in [0.5, 0.6) is 0 Å². The molecular weight excluding hydrogens is 260 g/mol. The summed E-state index contributed by atoms with van der Waals surface area (Å²) in [6.45, 7) is 10.2. The molecule has 4 atom stereocenters. The lowest BCUT2D eigenvalue weighted by Gasteiger charge is -2.46. The zero-order chi connectivity index (χ0) is 15.5. The second-order valence-corrected chi connectivity index (χ2v) is 8.14. The van der Waals surface area contributed by atoms with Crippen LogP contribution in [0.2, 0.25) is 0 Å². The smallest absolute Gasteiger partial charge is 0.0672 e. The van der Waals surface area contributed by atoms with Gasteiger partial charge in [0, 0.05) is 19.7 Å². The van der Waals surface area contributed by atoms with Crippen LogP contribution >= 0.6 is 0 Å². The molecule has 3 heteroatoms. The highest BCUT2D eigenvalue weighted by atomic mass is 16.5. The van der Waals surface area contributed by atoms with E-state index < -0.39 is 0 Å². The van der Waals surface area contributed by atoms with Gasteiger partial charge in [0.05, 0.1) is 18.6 Å². The first-order chi connectivity index (χ1) is 9.95. The minimum Gasteiger partial charge on any atom is -0.384 e. The highest BCUT2D eigenvalue weighted by molar-refractivity contribution is 5.00. The maximum absolute atomic E-state index is 9.55. The minimum atomic E-state index is 0.227. The summed E-state index contributed by atoms with van der Waals surface area (Å²) in [6.07, 6.45) is 6.02. The standard InChI is InChI=1S/C18H32N2O/c1-18(2,3)16-8-7-15(11-19)17(10-16)20-9-5-6-14(12-20)13-21-4/h14-17H,5-10,12-13H2,1-4H3. The Hall–Kier alpha value is -0.590. The van der Waals surface area contributed by atoms with Gasteiger partial charge in [-0.3, -0.25) is 4.90 Å². The summed E-state index contributed by atoms with van der Waals surface area (Å²) in [5, 5.41) is 9.55. The molecule has 4 unspecified atom stereocenters. The third kappa shape index (κ3) is 4.20. The van der Waals surface area contributed by atoms with Crippen molar-refractivity contribution in [2.75, 3.05) is 26.8 Å². The second-order valence-electron chi connectivity index (χ2n) is 8.14. The lowest BCUT2D eigenvalue weighted by atomic mass is 9.67. The van der Waals surface area contributed by atoms with E-state index in [0.29, 0.717) is 17.4 Å². The van der Waals surface area contributed by atoms with Crippen LogP contribution < -0.4 is 0 Å². The lowest BCUT2D eigenvalue weighted by Crippen LogP contribution is -2.50. The average Bonchev–Trinajstić information content (AvgIpc) is 2.46. The van der Waals surface area contributed by atoms with Crippen molar-refractivity contribution in [3.63, 3.8) is 0 Å². The number of rotatable bonds is 3. The van der Waals surface area contributed by atoms with Gasteiger partial charge in [0.15, 0.2) is 0 Å². The first-order valence-corrected chi connectivity index (χ1v) is 8.58. The fourth-order valence-corrected chi connectivity index (χ4v) is 4.26. The minimum absolute atomic E-state index is 0.227. The van der Waals surface area contributed by atoms with Crippen molar-refractivity contribution in [1.29, 1.82) is 5.26 Å². The Morgan fingerprint density at radius 1 is 1.24 bits per heavy atom. The number of hydrogen-bond acceptors (Lipinski definition) is 3. The molecule has 1 saturated carbocycles. The Balaban J connectivity index is 2.05. The van der Waals surface area contributed by atoms with E-state index in [9.17, 15) is 5.26 Å². The number of likely N-dealkylation sites (tertiary alicyclic amines) is 1. The van der Waals surface area contributed by atoms with E-state index in [-0.39, 0.29) is 5.92 Å². The monoisotopic (exact) mass is 292 g/mol. The third-order valence-corrected chi connectivity index (χ3v) is 5.63. The number of hydrogen-bond donors (Lipinski definition) is 0. The van der Waals surface area contributed by atoms with Gasteiger partial charge in [-0.05, 0) is 55.9 Å². The summed E-state index contributed by atoms with van der Waals surface area (Å²) < 4.78 is 5.35. The van der Waals surface area contributed by atoms with Gasteiger partial charge in [0.2, 0.25) is 0 Å². The Morgan fingerprint density at radius 2 is 2.00 bits per heavy atom. The molecule has 0 bridgehead atoms. The fourth-order valence-electron chi connectivity index (χ4n) is 4.26. The molecule has 0 amide bonds. The Kier molecular flexibility index (Phi) is 5.68. The van der Waals surface area contributed by atoms with Crippen LogP contribution in [0.3, 0.4) is 0 Å². The summed E-state index contributed by atoms with van der Waals surface area (Å²) >= 11 is 0. The quantitative estimate of drug-likeness (QED) is 0.796. The molecule has 120 valence electrons. The van der Waals surface area contributed by atoms with Crippen LogP contribution in [0.1, 0.15) is 52.9 Å². The molecule has 1 saturated heterocycles.